The van der Waals surface area contributed by atoms with Crippen molar-refractivity contribution in [1.82, 2.24) is 10.1 Å². The lowest BCUT2D eigenvalue weighted by molar-refractivity contribution is -0.140. The van der Waals surface area contributed by atoms with Crippen molar-refractivity contribution in [2.24, 2.45) is 0 Å². The van der Waals surface area contributed by atoms with Crippen LogP contribution < -0.4 is 9.47 Å². The Morgan fingerprint density at radius 2 is 1.94 bits per heavy atom. The van der Waals surface area contributed by atoms with Crippen molar-refractivity contribution in [3.63, 3.8) is 0 Å². The van der Waals surface area contributed by atoms with Crippen LogP contribution in [0.4, 0.5) is 13.2 Å². The second-order valence-electron chi connectivity index (χ2n) is 6.14. The van der Waals surface area contributed by atoms with Gasteiger partial charge in [-0.3, -0.25) is 0 Å². The quantitative estimate of drug-likeness (QED) is 0.399. The molecule has 0 atom stereocenters. The Kier molecular flexibility index (Phi) is 6.58. The van der Waals surface area contributed by atoms with Gasteiger partial charge >= 0.3 is 12.1 Å². The zero-order valence-corrected chi connectivity index (χ0v) is 16.5. The highest BCUT2D eigenvalue weighted by Crippen LogP contribution is 2.31. The molecule has 0 fully saturated rings. The molecule has 0 spiro atoms. The van der Waals surface area contributed by atoms with E-state index in [0.29, 0.717) is 17.1 Å². The van der Waals surface area contributed by atoms with Crippen LogP contribution in [0.3, 0.4) is 0 Å². The second-order valence-corrected chi connectivity index (χ2v) is 6.14. The first-order chi connectivity index (χ1) is 14.8. The molecule has 0 aliphatic carbocycles. The van der Waals surface area contributed by atoms with Crippen LogP contribution >= 0.6 is 0 Å². The number of benzene rings is 2. The van der Waals surface area contributed by atoms with E-state index >= 15 is 0 Å². The fourth-order valence-corrected chi connectivity index (χ4v) is 2.57. The third-order valence-corrected chi connectivity index (χ3v) is 4.09. The molecular weight excluding hydrogens is 417 g/mol. The van der Waals surface area contributed by atoms with Gasteiger partial charge in [0, 0.05) is 17.2 Å². The molecule has 2 aromatic carbocycles. The van der Waals surface area contributed by atoms with Crippen molar-refractivity contribution in [3.8, 4) is 22.9 Å². The molecule has 31 heavy (non-hydrogen) atoms. The molecule has 10 heteroatoms. The van der Waals surface area contributed by atoms with Crippen molar-refractivity contribution < 1.29 is 36.7 Å². The average Bonchev–Trinajstić information content (AvgIpc) is 3.24. The van der Waals surface area contributed by atoms with Gasteiger partial charge in [0.25, 0.3) is 5.89 Å². The number of nitrogens with zero attached hydrogens (tertiary/aromatic N) is 2. The second kappa shape index (κ2) is 9.33. The van der Waals surface area contributed by atoms with Crippen LogP contribution in [0.2, 0.25) is 0 Å². The largest absolute Gasteiger partial charge is 0.497 e. The van der Waals surface area contributed by atoms with E-state index in [-0.39, 0.29) is 23.9 Å². The average molecular weight is 434 g/mol. The maximum absolute atomic E-state index is 12.8. The Hall–Kier alpha value is -3.82. The summed E-state index contributed by atoms with van der Waals surface area (Å²) in [6, 6.07) is 9.60. The van der Waals surface area contributed by atoms with Crippen LogP contribution in [0, 0.1) is 0 Å². The number of alkyl halides is 3. The SMILES string of the molecule is COc1ccc(OC)c(/C=C/C(=O)OCc2nc(-c3cccc(C(F)(F)F)c3)no2)c1. The van der Waals surface area contributed by atoms with Crippen LogP contribution in [0.25, 0.3) is 17.5 Å². The Morgan fingerprint density at radius 1 is 1.13 bits per heavy atom. The molecule has 1 heterocycles. The number of hydrogen-bond acceptors (Lipinski definition) is 7. The maximum Gasteiger partial charge on any atom is 0.416 e. The first kappa shape index (κ1) is 21.9. The third kappa shape index (κ3) is 5.62. The van der Waals surface area contributed by atoms with Crippen LogP contribution in [0.5, 0.6) is 11.5 Å². The van der Waals surface area contributed by atoms with E-state index < -0.39 is 17.7 Å². The van der Waals surface area contributed by atoms with E-state index in [1.54, 1.807) is 18.2 Å². The molecule has 0 aliphatic heterocycles. The first-order valence-electron chi connectivity index (χ1n) is 8.87. The van der Waals surface area contributed by atoms with E-state index in [0.717, 1.165) is 12.1 Å². The summed E-state index contributed by atoms with van der Waals surface area (Å²) in [5, 5.41) is 3.63. The van der Waals surface area contributed by atoms with Crippen molar-refractivity contribution >= 4 is 12.0 Å². The van der Waals surface area contributed by atoms with Gasteiger partial charge in [0.2, 0.25) is 5.82 Å². The van der Waals surface area contributed by atoms with Crippen molar-refractivity contribution in [2.45, 2.75) is 12.8 Å². The molecule has 0 amide bonds. The summed E-state index contributed by atoms with van der Waals surface area (Å²) in [6.45, 7) is -0.343. The molecule has 1 aromatic heterocycles. The van der Waals surface area contributed by atoms with E-state index in [1.165, 1.54) is 38.5 Å². The number of ether oxygens (including phenoxy) is 3. The highest BCUT2D eigenvalue weighted by atomic mass is 19.4. The fourth-order valence-electron chi connectivity index (χ4n) is 2.57. The van der Waals surface area contributed by atoms with Crippen molar-refractivity contribution in [3.05, 3.63) is 65.6 Å². The van der Waals surface area contributed by atoms with Gasteiger partial charge in [0.1, 0.15) is 11.5 Å². The topological polar surface area (TPSA) is 83.7 Å². The molecule has 0 aliphatic rings. The molecule has 162 valence electrons. The molecular formula is C21H17F3N2O5. The zero-order valence-electron chi connectivity index (χ0n) is 16.5. The standard InChI is InChI=1S/C21H17F3N2O5/c1-28-16-7-8-17(29-2)13(11-16)6-9-19(27)30-12-18-25-20(26-31-18)14-4-3-5-15(10-14)21(22,23)24/h3-11H,12H2,1-2H3/b9-6+. The molecule has 3 rings (SSSR count). The van der Waals surface area contributed by atoms with Gasteiger partial charge in [0.15, 0.2) is 6.61 Å². The normalized spacial score (nSPS) is 11.5. The summed E-state index contributed by atoms with van der Waals surface area (Å²) < 4.78 is 58.9. The van der Waals surface area contributed by atoms with Crippen LogP contribution in [0.15, 0.2) is 53.1 Å². The lowest BCUT2D eigenvalue weighted by atomic mass is 10.1. The lowest BCUT2D eigenvalue weighted by Crippen LogP contribution is -2.04. The number of esters is 1. The van der Waals surface area contributed by atoms with Crippen LogP contribution in [-0.2, 0) is 22.3 Å². The summed E-state index contributed by atoms with van der Waals surface area (Å²) in [4.78, 5) is 15.9. The van der Waals surface area contributed by atoms with E-state index in [1.807, 2.05) is 0 Å². The summed E-state index contributed by atoms with van der Waals surface area (Å²) >= 11 is 0. The fraction of sp³-hybridized carbons (Fsp3) is 0.190. The predicted octanol–water partition coefficient (Wildman–Crippen LogP) is 4.53. The number of halogens is 3. The van der Waals surface area contributed by atoms with Gasteiger partial charge < -0.3 is 18.7 Å². The van der Waals surface area contributed by atoms with E-state index in [9.17, 15) is 18.0 Å². The number of carbonyl (C=O) groups is 1. The Labute approximate surface area is 175 Å². The van der Waals surface area contributed by atoms with Crippen molar-refractivity contribution in [1.29, 1.82) is 0 Å². The Bertz CT molecular complexity index is 1090. The highest BCUT2D eigenvalue weighted by molar-refractivity contribution is 5.87. The zero-order chi connectivity index (χ0) is 22.4. The van der Waals surface area contributed by atoms with Gasteiger partial charge in [0.05, 0.1) is 19.8 Å². The monoisotopic (exact) mass is 434 g/mol. The smallest absolute Gasteiger partial charge is 0.416 e. The van der Waals surface area contributed by atoms with Gasteiger partial charge in [-0.1, -0.05) is 17.3 Å². The summed E-state index contributed by atoms with van der Waals surface area (Å²) in [5.74, 6) is 0.319. The predicted molar refractivity (Wildman–Crippen MR) is 103 cm³/mol. The summed E-state index contributed by atoms with van der Waals surface area (Å²) in [6.07, 6.45) is -1.82. The number of carbonyl (C=O) groups excluding carboxylic acids is 1. The molecule has 0 saturated heterocycles. The minimum atomic E-state index is -4.49. The van der Waals surface area contributed by atoms with Crippen LogP contribution in [-0.4, -0.2) is 30.3 Å². The molecule has 0 radical (unpaired) electrons. The van der Waals surface area contributed by atoms with Crippen molar-refractivity contribution in [2.75, 3.05) is 14.2 Å². The molecule has 0 saturated carbocycles. The summed E-state index contributed by atoms with van der Waals surface area (Å²) in [7, 11) is 3.01. The summed E-state index contributed by atoms with van der Waals surface area (Å²) in [5.41, 5.74) is -0.106. The van der Waals surface area contributed by atoms with Gasteiger partial charge in [-0.15, -0.1) is 0 Å². The lowest BCUT2D eigenvalue weighted by Gasteiger charge is -2.07. The van der Waals surface area contributed by atoms with Gasteiger partial charge in [-0.2, -0.15) is 18.2 Å². The van der Waals surface area contributed by atoms with Gasteiger partial charge in [-0.25, -0.2) is 4.79 Å². The van der Waals surface area contributed by atoms with Gasteiger partial charge in [-0.05, 0) is 36.4 Å². The molecule has 0 bridgehead atoms. The van der Waals surface area contributed by atoms with E-state index in [4.69, 9.17) is 18.7 Å². The Morgan fingerprint density at radius 3 is 2.65 bits per heavy atom. The first-order valence-corrected chi connectivity index (χ1v) is 8.87. The minimum Gasteiger partial charge on any atom is -0.497 e. The number of hydrogen-bond donors (Lipinski definition) is 0. The van der Waals surface area contributed by atoms with E-state index in [2.05, 4.69) is 10.1 Å². The maximum atomic E-state index is 12.8. The third-order valence-electron chi connectivity index (χ3n) is 4.09. The number of methoxy groups -OCH3 is 2. The highest BCUT2D eigenvalue weighted by Gasteiger charge is 2.30. The molecule has 0 unspecified atom stereocenters. The molecule has 0 N–H and O–H groups in total. The Balaban J connectivity index is 1.64. The number of aromatic nitrogens is 2. The molecule has 3 aromatic rings. The molecule has 7 nitrogen and oxygen atoms in total. The number of rotatable bonds is 7. The minimum absolute atomic E-state index is 0.0474. The van der Waals surface area contributed by atoms with Crippen LogP contribution in [0.1, 0.15) is 17.0 Å².